The first-order valence-electron chi connectivity index (χ1n) is 5.65. The van der Waals surface area contributed by atoms with Crippen molar-refractivity contribution in [2.75, 3.05) is 7.11 Å². The molecular weight excluding hydrogens is 186 g/mol. The SMILES string of the molecule is CCC(N)CCCc1ccccc1OC. The molecule has 1 atom stereocenters. The number of nitrogens with two attached hydrogens (primary N) is 1. The Morgan fingerprint density at radius 3 is 2.73 bits per heavy atom. The highest BCUT2D eigenvalue weighted by atomic mass is 16.5. The average molecular weight is 207 g/mol. The summed E-state index contributed by atoms with van der Waals surface area (Å²) in [7, 11) is 1.72. The molecule has 0 saturated carbocycles. The minimum Gasteiger partial charge on any atom is -0.496 e. The van der Waals surface area contributed by atoms with E-state index in [1.807, 2.05) is 12.1 Å². The monoisotopic (exact) mass is 207 g/mol. The van der Waals surface area contributed by atoms with E-state index in [-0.39, 0.29) is 0 Å². The van der Waals surface area contributed by atoms with Crippen LogP contribution in [0.5, 0.6) is 5.75 Å². The second-order valence-corrected chi connectivity index (χ2v) is 3.87. The van der Waals surface area contributed by atoms with Crippen molar-refractivity contribution in [3.05, 3.63) is 29.8 Å². The van der Waals surface area contributed by atoms with Gasteiger partial charge in [-0.1, -0.05) is 25.1 Å². The molecule has 0 amide bonds. The summed E-state index contributed by atoms with van der Waals surface area (Å²) in [5.74, 6) is 0.988. The molecule has 0 aliphatic rings. The molecule has 2 nitrogen and oxygen atoms in total. The number of rotatable bonds is 6. The number of aryl methyl sites for hydroxylation is 1. The number of hydrogen-bond acceptors (Lipinski definition) is 2. The van der Waals surface area contributed by atoms with Crippen molar-refractivity contribution in [1.29, 1.82) is 0 Å². The molecule has 0 radical (unpaired) electrons. The lowest BCUT2D eigenvalue weighted by Gasteiger charge is -2.10. The zero-order chi connectivity index (χ0) is 11.1. The first-order valence-corrected chi connectivity index (χ1v) is 5.65. The topological polar surface area (TPSA) is 35.2 Å². The third-order valence-electron chi connectivity index (χ3n) is 2.74. The Kier molecular flexibility index (Phi) is 5.19. The molecule has 0 heterocycles. The lowest BCUT2D eigenvalue weighted by atomic mass is 10.0. The Bertz CT molecular complexity index is 286. The van der Waals surface area contributed by atoms with Gasteiger partial charge in [0, 0.05) is 6.04 Å². The van der Waals surface area contributed by atoms with Crippen molar-refractivity contribution in [3.8, 4) is 5.75 Å². The van der Waals surface area contributed by atoms with Gasteiger partial charge in [0.25, 0.3) is 0 Å². The summed E-state index contributed by atoms with van der Waals surface area (Å²) >= 11 is 0. The minimum atomic E-state index is 0.347. The Morgan fingerprint density at radius 1 is 1.33 bits per heavy atom. The summed E-state index contributed by atoms with van der Waals surface area (Å²) in [6.07, 6.45) is 4.34. The van der Waals surface area contributed by atoms with Gasteiger partial charge in [0.2, 0.25) is 0 Å². The molecule has 1 aromatic carbocycles. The van der Waals surface area contributed by atoms with Crippen LogP contribution in [-0.4, -0.2) is 13.2 Å². The summed E-state index contributed by atoms with van der Waals surface area (Å²) in [6, 6.07) is 8.53. The van der Waals surface area contributed by atoms with Gasteiger partial charge >= 0.3 is 0 Å². The molecule has 2 N–H and O–H groups in total. The van der Waals surface area contributed by atoms with Gasteiger partial charge < -0.3 is 10.5 Å². The van der Waals surface area contributed by atoms with Crippen molar-refractivity contribution < 1.29 is 4.74 Å². The smallest absolute Gasteiger partial charge is 0.122 e. The van der Waals surface area contributed by atoms with Crippen LogP contribution in [0, 0.1) is 0 Å². The van der Waals surface area contributed by atoms with Crippen molar-refractivity contribution in [3.63, 3.8) is 0 Å². The quantitative estimate of drug-likeness (QED) is 0.778. The van der Waals surface area contributed by atoms with Crippen LogP contribution >= 0.6 is 0 Å². The molecule has 2 heteroatoms. The predicted octanol–water partition coefficient (Wildman–Crippen LogP) is 2.76. The molecule has 0 aromatic heterocycles. The highest BCUT2D eigenvalue weighted by Gasteiger charge is 2.03. The van der Waals surface area contributed by atoms with Gasteiger partial charge in [-0.2, -0.15) is 0 Å². The highest BCUT2D eigenvalue weighted by molar-refractivity contribution is 5.33. The van der Waals surface area contributed by atoms with Crippen LogP contribution in [0.1, 0.15) is 31.7 Å². The lowest BCUT2D eigenvalue weighted by molar-refractivity contribution is 0.408. The summed E-state index contributed by atoms with van der Waals surface area (Å²) < 4.78 is 5.30. The number of benzene rings is 1. The molecule has 1 rings (SSSR count). The van der Waals surface area contributed by atoms with Crippen LogP contribution in [0.25, 0.3) is 0 Å². The van der Waals surface area contributed by atoms with E-state index in [1.165, 1.54) is 5.56 Å². The van der Waals surface area contributed by atoms with Crippen LogP contribution < -0.4 is 10.5 Å². The van der Waals surface area contributed by atoms with Crippen molar-refractivity contribution in [2.45, 2.75) is 38.6 Å². The minimum absolute atomic E-state index is 0.347. The molecule has 0 fully saturated rings. The average Bonchev–Trinajstić information content (AvgIpc) is 2.29. The summed E-state index contributed by atoms with van der Waals surface area (Å²) in [6.45, 7) is 2.13. The van der Waals surface area contributed by atoms with E-state index < -0.39 is 0 Å². The molecule has 0 aliphatic carbocycles. The third-order valence-corrected chi connectivity index (χ3v) is 2.74. The van der Waals surface area contributed by atoms with Gasteiger partial charge in [0.1, 0.15) is 5.75 Å². The molecular formula is C13H21NO. The van der Waals surface area contributed by atoms with Gasteiger partial charge in [0.05, 0.1) is 7.11 Å². The second-order valence-electron chi connectivity index (χ2n) is 3.87. The summed E-state index contributed by atoms with van der Waals surface area (Å²) in [5.41, 5.74) is 7.16. The van der Waals surface area contributed by atoms with Crippen molar-refractivity contribution >= 4 is 0 Å². The Hall–Kier alpha value is -1.02. The molecule has 0 spiro atoms. The fourth-order valence-electron chi connectivity index (χ4n) is 1.67. The van der Waals surface area contributed by atoms with Gasteiger partial charge in [-0.3, -0.25) is 0 Å². The fraction of sp³-hybridized carbons (Fsp3) is 0.538. The Balaban J connectivity index is 2.43. The second kappa shape index (κ2) is 6.46. The molecule has 0 saturated heterocycles. The van der Waals surface area contributed by atoms with Crippen molar-refractivity contribution in [1.82, 2.24) is 0 Å². The third kappa shape index (κ3) is 3.92. The first kappa shape index (κ1) is 12.1. The lowest BCUT2D eigenvalue weighted by Crippen LogP contribution is -2.18. The maximum atomic E-state index is 5.88. The van der Waals surface area contributed by atoms with Crippen LogP contribution in [-0.2, 0) is 6.42 Å². The Morgan fingerprint density at radius 2 is 2.07 bits per heavy atom. The van der Waals surface area contributed by atoms with E-state index in [2.05, 4.69) is 19.1 Å². The zero-order valence-corrected chi connectivity index (χ0v) is 9.70. The van der Waals surface area contributed by atoms with Crippen LogP contribution in [0.15, 0.2) is 24.3 Å². The van der Waals surface area contributed by atoms with Gasteiger partial charge in [-0.25, -0.2) is 0 Å². The fourth-order valence-corrected chi connectivity index (χ4v) is 1.67. The van der Waals surface area contributed by atoms with Gasteiger partial charge in [-0.05, 0) is 37.3 Å². The van der Waals surface area contributed by atoms with Gasteiger partial charge in [0.15, 0.2) is 0 Å². The van der Waals surface area contributed by atoms with E-state index >= 15 is 0 Å². The zero-order valence-electron chi connectivity index (χ0n) is 9.70. The van der Waals surface area contributed by atoms with E-state index in [4.69, 9.17) is 10.5 Å². The van der Waals surface area contributed by atoms with E-state index in [0.717, 1.165) is 31.4 Å². The van der Waals surface area contributed by atoms with Crippen LogP contribution in [0.3, 0.4) is 0 Å². The molecule has 1 unspecified atom stereocenters. The maximum Gasteiger partial charge on any atom is 0.122 e. The van der Waals surface area contributed by atoms with E-state index in [1.54, 1.807) is 7.11 Å². The van der Waals surface area contributed by atoms with Crippen molar-refractivity contribution in [2.24, 2.45) is 5.73 Å². The summed E-state index contributed by atoms with van der Waals surface area (Å²) in [4.78, 5) is 0. The largest absolute Gasteiger partial charge is 0.496 e. The maximum absolute atomic E-state index is 5.88. The predicted molar refractivity (Wildman–Crippen MR) is 64.2 cm³/mol. The number of ether oxygens (including phenoxy) is 1. The number of methoxy groups -OCH3 is 1. The molecule has 1 aromatic rings. The van der Waals surface area contributed by atoms with Crippen LogP contribution in [0.4, 0.5) is 0 Å². The van der Waals surface area contributed by atoms with Crippen LogP contribution in [0.2, 0.25) is 0 Å². The number of para-hydroxylation sites is 1. The van der Waals surface area contributed by atoms with Gasteiger partial charge in [-0.15, -0.1) is 0 Å². The first-order chi connectivity index (χ1) is 7.27. The Labute approximate surface area is 92.4 Å². The summed E-state index contributed by atoms with van der Waals surface area (Å²) in [5, 5.41) is 0. The number of hydrogen-bond donors (Lipinski definition) is 1. The molecule has 0 aliphatic heterocycles. The highest BCUT2D eigenvalue weighted by Crippen LogP contribution is 2.19. The molecule has 0 bridgehead atoms. The normalized spacial score (nSPS) is 12.5. The van der Waals surface area contributed by atoms with E-state index in [9.17, 15) is 0 Å². The standard InChI is InChI=1S/C13H21NO/c1-3-12(14)9-6-8-11-7-4-5-10-13(11)15-2/h4-5,7,10,12H,3,6,8-9,14H2,1-2H3. The molecule has 15 heavy (non-hydrogen) atoms. The molecule has 84 valence electrons. The van der Waals surface area contributed by atoms with E-state index in [0.29, 0.717) is 6.04 Å².